The van der Waals surface area contributed by atoms with Gasteiger partial charge < -0.3 is 15.6 Å². The zero-order valence-electron chi connectivity index (χ0n) is 15.8. The molecule has 146 valence electrons. The minimum Gasteiger partial charge on any atom is -0.504 e. The molecule has 29 heavy (non-hydrogen) atoms. The molecule has 2 amide bonds. The first kappa shape index (κ1) is 18.4. The summed E-state index contributed by atoms with van der Waals surface area (Å²) in [6, 6.07) is 12.1. The maximum absolute atomic E-state index is 12.8. The van der Waals surface area contributed by atoms with Crippen LogP contribution in [0.4, 0.5) is 11.5 Å². The van der Waals surface area contributed by atoms with Crippen molar-refractivity contribution in [3.8, 4) is 22.9 Å². The fraction of sp³-hybridized carbons (Fsp3) is 0.143. The first-order chi connectivity index (χ1) is 13.9. The van der Waals surface area contributed by atoms with Gasteiger partial charge in [-0.15, -0.1) is 0 Å². The molecule has 0 atom stereocenters. The monoisotopic (exact) mass is 390 g/mol. The van der Waals surface area contributed by atoms with Crippen molar-refractivity contribution in [2.24, 2.45) is 5.73 Å². The number of aromatic hydroxyl groups is 1. The Kier molecular flexibility index (Phi) is 4.38. The molecule has 4 rings (SSSR count). The third-order valence-electron chi connectivity index (χ3n) is 4.80. The topological polar surface area (TPSA) is 119 Å². The number of hydrogen-bond donors (Lipinski definition) is 2. The highest BCUT2D eigenvalue weighted by atomic mass is 16.5. The largest absolute Gasteiger partial charge is 0.504 e. The van der Waals surface area contributed by atoms with E-state index in [0.29, 0.717) is 28.4 Å². The van der Waals surface area contributed by atoms with Crippen molar-refractivity contribution >= 4 is 23.3 Å². The summed E-state index contributed by atoms with van der Waals surface area (Å²) in [5, 5.41) is 10.1. The van der Waals surface area contributed by atoms with Crippen LogP contribution < -0.4 is 15.4 Å². The summed E-state index contributed by atoms with van der Waals surface area (Å²) in [6.07, 6.45) is -0.0178. The van der Waals surface area contributed by atoms with Crippen molar-refractivity contribution in [2.45, 2.75) is 13.3 Å². The molecule has 0 spiro atoms. The molecule has 0 unspecified atom stereocenters. The number of fused-ring (bicyclic) bond motifs is 1. The van der Waals surface area contributed by atoms with Crippen LogP contribution in [0.25, 0.3) is 11.4 Å². The van der Waals surface area contributed by atoms with Crippen LogP contribution in [0.1, 0.15) is 21.6 Å². The number of amides is 2. The van der Waals surface area contributed by atoms with Gasteiger partial charge in [-0.2, -0.15) is 0 Å². The fourth-order valence-electron chi connectivity index (χ4n) is 3.39. The van der Waals surface area contributed by atoms with Crippen LogP contribution >= 0.6 is 0 Å². The Bertz CT molecular complexity index is 1160. The molecule has 2 aromatic carbocycles. The number of nitrogens with zero attached hydrogens (tertiary/aromatic N) is 3. The summed E-state index contributed by atoms with van der Waals surface area (Å²) < 4.78 is 5.06. The van der Waals surface area contributed by atoms with E-state index in [0.717, 1.165) is 5.56 Å². The predicted octanol–water partition coefficient (Wildman–Crippen LogP) is 2.49. The minimum absolute atomic E-state index is 0.00950. The zero-order valence-corrected chi connectivity index (χ0v) is 15.8. The predicted molar refractivity (Wildman–Crippen MR) is 106 cm³/mol. The van der Waals surface area contributed by atoms with E-state index in [1.807, 2.05) is 31.2 Å². The van der Waals surface area contributed by atoms with Crippen molar-refractivity contribution in [1.29, 1.82) is 0 Å². The van der Waals surface area contributed by atoms with E-state index < -0.39 is 5.91 Å². The lowest BCUT2D eigenvalue weighted by Gasteiger charge is -2.19. The summed E-state index contributed by atoms with van der Waals surface area (Å²) in [7, 11) is 1.44. The molecule has 0 saturated heterocycles. The van der Waals surface area contributed by atoms with Gasteiger partial charge in [-0.25, -0.2) is 9.97 Å². The number of methoxy groups -OCH3 is 1. The number of benzene rings is 2. The molecule has 0 fully saturated rings. The molecule has 2 heterocycles. The van der Waals surface area contributed by atoms with Crippen molar-refractivity contribution in [3.05, 3.63) is 59.3 Å². The molecule has 3 aromatic rings. The van der Waals surface area contributed by atoms with Gasteiger partial charge in [0.05, 0.1) is 19.2 Å². The molecule has 1 aliphatic heterocycles. The van der Waals surface area contributed by atoms with E-state index in [2.05, 4.69) is 9.97 Å². The summed E-state index contributed by atoms with van der Waals surface area (Å²) in [5.41, 5.74) is 7.94. The van der Waals surface area contributed by atoms with Crippen LogP contribution in [0.5, 0.6) is 11.5 Å². The second-order valence-electron chi connectivity index (χ2n) is 6.64. The third kappa shape index (κ3) is 3.04. The summed E-state index contributed by atoms with van der Waals surface area (Å²) >= 11 is 0. The number of rotatable bonds is 4. The third-order valence-corrected chi connectivity index (χ3v) is 4.80. The average molecular weight is 390 g/mol. The minimum atomic E-state index is -0.748. The molecule has 0 saturated carbocycles. The first-order valence-electron chi connectivity index (χ1n) is 8.87. The quantitative estimate of drug-likeness (QED) is 0.706. The summed E-state index contributed by atoms with van der Waals surface area (Å²) in [5.74, 6) is -0.284. The molecule has 8 nitrogen and oxygen atoms in total. The van der Waals surface area contributed by atoms with Crippen LogP contribution in [-0.4, -0.2) is 34.0 Å². The molecule has 0 radical (unpaired) electrons. The van der Waals surface area contributed by atoms with Gasteiger partial charge in [0.15, 0.2) is 17.3 Å². The lowest BCUT2D eigenvalue weighted by atomic mass is 10.1. The number of carbonyl (C=O) groups excluding carboxylic acids is 2. The molecule has 1 aromatic heterocycles. The van der Waals surface area contributed by atoms with Gasteiger partial charge in [-0.3, -0.25) is 14.5 Å². The standard InChI is InChI=1S/C21H18N4O4/c1-11-5-3-4-6-14(11)25-17(27)10-13-18(19(22)28)23-20(24-21(13)25)12-7-8-16(29-2)15(26)9-12/h3-9,26H,10H2,1-2H3,(H2,22,28). The number of phenolic OH excluding ortho intramolecular Hbond substituents is 1. The number of aryl methyl sites for hydroxylation is 1. The Hall–Kier alpha value is -3.94. The first-order valence-corrected chi connectivity index (χ1v) is 8.87. The normalized spacial score (nSPS) is 12.8. The van der Waals surface area contributed by atoms with Crippen molar-refractivity contribution in [3.63, 3.8) is 0 Å². The van der Waals surface area contributed by atoms with Gasteiger partial charge >= 0.3 is 0 Å². The SMILES string of the molecule is COc1ccc(-c2nc(C(N)=O)c3c(n2)N(c2ccccc2C)C(=O)C3)cc1O. The van der Waals surface area contributed by atoms with Gasteiger partial charge in [0, 0.05) is 11.1 Å². The Labute approximate surface area is 166 Å². The molecule has 3 N–H and O–H groups in total. The maximum atomic E-state index is 12.8. The van der Waals surface area contributed by atoms with E-state index >= 15 is 0 Å². The average Bonchev–Trinajstić information content (AvgIpc) is 3.03. The smallest absolute Gasteiger partial charge is 0.267 e. The van der Waals surface area contributed by atoms with Gasteiger partial charge in [0.25, 0.3) is 5.91 Å². The van der Waals surface area contributed by atoms with E-state index in [1.165, 1.54) is 18.1 Å². The molecule has 0 aliphatic carbocycles. The van der Waals surface area contributed by atoms with E-state index in [1.54, 1.807) is 12.1 Å². The van der Waals surface area contributed by atoms with Crippen LogP contribution in [0.3, 0.4) is 0 Å². The zero-order chi connectivity index (χ0) is 20.7. The number of nitrogens with two attached hydrogens (primary N) is 1. The van der Waals surface area contributed by atoms with E-state index in [9.17, 15) is 14.7 Å². The lowest BCUT2D eigenvalue weighted by molar-refractivity contribution is -0.116. The van der Waals surface area contributed by atoms with E-state index in [4.69, 9.17) is 10.5 Å². The fourth-order valence-corrected chi connectivity index (χ4v) is 3.39. The highest BCUT2D eigenvalue weighted by molar-refractivity contribution is 6.09. The maximum Gasteiger partial charge on any atom is 0.267 e. The number of primary amides is 1. The second kappa shape index (κ2) is 6.90. The number of hydrogen-bond acceptors (Lipinski definition) is 6. The number of para-hydroxylation sites is 1. The van der Waals surface area contributed by atoms with Gasteiger partial charge in [0.2, 0.25) is 5.91 Å². The highest BCUT2D eigenvalue weighted by Crippen LogP contribution is 2.38. The molecular formula is C21H18N4O4. The Morgan fingerprint density at radius 2 is 1.97 bits per heavy atom. The van der Waals surface area contributed by atoms with Gasteiger partial charge in [0.1, 0.15) is 11.5 Å². The van der Waals surface area contributed by atoms with Crippen LogP contribution in [0.2, 0.25) is 0 Å². The number of ether oxygens (including phenoxy) is 1. The lowest BCUT2D eigenvalue weighted by Crippen LogP contribution is -2.22. The molecule has 1 aliphatic rings. The van der Waals surface area contributed by atoms with Gasteiger partial charge in [-0.1, -0.05) is 18.2 Å². The highest BCUT2D eigenvalue weighted by Gasteiger charge is 2.35. The van der Waals surface area contributed by atoms with Crippen molar-refractivity contribution < 1.29 is 19.4 Å². The summed E-state index contributed by atoms with van der Waals surface area (Å²) in [6.45, 7) is 1.89. The Morgan fingerprint density at radius 1 is 1.21 bits per heavy atom. The van der Waals surface area contributed by atoms with Crippen molar-refractivity contribution in [1.82, 2.24) is 9.97 Å². The van der Waals surface area contributed by atoms with E-state index in [-0.39, 0.29) is 29.6 Å². The van der Waals surface area contributed by atoms with Crippen molar-refractivity contribution in [2.75, 3.05) is 12.0 Å². The Morgan fingerprint density at radius 3 is 2.62 bits per heavy atom. The Balaban J connectivity index is 1.93. The molecule has 0 bridgehead atoms. The molecule has 8 heteroatoms. The van der Waals surface area contributed by atoms with Crippen LogP contribution in [0.15, 0.2) is 42.5 Å². The summed E-state index contributed by atoms with van der Waals surface area (Å²) in [4.78, 5) is 35.2. The van der Waals surface area contributed by atoms with Gasteiger partial charge in [-0.05, 0) is 36.8 Å². The number of carbonyl (C=O) groups is 2. The second-order valence-corrected chi connectivity index (χ2v) is 6.64. The number of phenols is 1. The number of aromatic nitrogens is 2. The van der Waals surface area contributed by atoms with Crippen LogP contribution in [0, 0.1) is 6.92 Å². The van der Waals surface area contributed by atoms with Crippen LogP contribution in [-0.2, 0) is 11.2 Å². The number of anilines is 2. The molecular weight excluding hydrogens is 372 g/mol.